The lowest BCUT2D eigenvalue weighted by Gasteiger charge is -2.06. The van der Waals surface area contributed by atoms with Crippen LogP contribution in [0.1, 0.15) is 12.8 Å². The zero-order valence-corrected chi connectivity index (χ0v) is 4.50. The maximum Gasteiger partial charge on any atom is 0.155 e. The summed E-state index contributed by atoms with van der Waals surface area (Å²) in [5.41, 5.74) is 0. The van der Waals surface area contributed by atoms with Crippen molar-refractivity contribution in [3.8, 4) is 0 Å². The number of rotatable bonds is 0. The number of aliphatic hydroxyl groups excluding tert-OH is 1. The molecule has 0 radical (unpaired) electrons. The fourth-order valence-corrected chi connectivity index (χ4v) is 0.688. The molecular formula is C6H8O2. The second-order valence-corrected chi connectivity index (χ2v) is 1.93. The van der Waals surface area contributed by atoms with Gasteiger partial charge < -0.3 is 5.11 Å². The highest BCUT2D eigenvalue weighted by Gasteiger charge is 2.08. The van der Waals surface area contributed by atoms with E-state index in [2.05, 4.69) is 0 Å². The predicted molar refractivity (Wildman–Crippen MR) is 29.4 cm³/mol. The van der Waals surface area contributed by atoms with Gasteiger partial charge >= 0.3 is 0 Å². The maximum atomic E-state index is 10.4. The highest BCUT2D eigenvalue weighted by atomic mass is 16.3. The van der Waals surface area contributed by atoms with Crippen molar-refractivity contribution in [2.45, 2.75) is 18.9 Å². The topological polar surface area (TPSA) is 37.3 Å². The van der Waals surface area contributed by atoms with E-state index in [0.29, 0.717) is 12.8 Å². The van der Waals surface area contributed by atoms with Gasteiger partial charge in [-0.25, -0.2) is 0 Å². The lowest BCUT2D eigenvalue weighted by Crippen LogP contribution is -2.10. The first-order valence-corrected chi connectivity index (χ1v) is 2.68. The Hall–Kier alpha value is -0.630. The molecule has 1 aliphatic rings. The second-order valence-electron chi connectivity index (χ2n) is 1.93. The molecule has 0 aromatic carbocycles. The Balaban J connectivity index is 2.55. The van der Waals surface area contributed by atoms with Crippen LogP contribution >= 0.6 is 0 Å². The van der Waals surface area contributed by atoms with Gasteiger partial charge in [-0.05, 0) is 12.5 Å². The minimum Gasteiger partial charge on any atom is -0.389 e. The molecule has 0 spiro atoms. The van der Waals surface area contributed by atoms with Gasteiger partial charge in [-0.15, -0.1) is 0 Å². The van der Waals surface area contributed by atoms with Crippen molar-refractivity contribution in [3.05, 3.63) is 12.2 Å². The Kier molecular flexibility index (Phi) is 1.44. The molecule has 0 heterocycles. The van der Waals surface area contributed by atoms with E-state index < -0.39 is 0 Å². The number of carbonyl (C=O) groups excluding carboxylic acids is 1. The van der Waals surface area contributed by atoms with Gasteiger partial charge in [0, 0.05) is 6.42 Å². The summed E-state index contributed by atoms with van der Waals surface area (Å²) in [5.74, 6) is 0.121. The number of hydrogen-bond donors (Lipinski definition) is 1. The Morgan fingerprint density at radius 3 is 2.88 bits per heavy atom. The van der Waals surface area contributed by atoms with E-state index in [0.717, 1.165) is 0 Å². The molecule has 44 valence electrons. The first kappa shape index (κ1) is 5.51. The Morgan fingerprint density at radius 1 is 1.75 bits per heavy atom. The standard InChI is InChI=1S/C6H8O2/c7-5-1-2-6(8)4-3-5/h1-2,5,7H,3-4H2/t5-/m0/s1. The van der Waals surface area contributed by atoms with Crippen LogP contribution in [0, 0.1) is 0 Å². The molecule has 1 rings (SSSR count). The third-order valence-electron chi connectivity index (χ3n) is 1.19. The van der Waals surface area contributed by atoms with Crippen LogP contribution in [-0.4, -0.2) is 17.0 Å². The third kappa shape index (κ3) is 1.17. The molecule has 2 nitrogen and oxygen atoms in total. The van der Waals surface area contributed by atoms with Gasteiger partial charge in [0.15, 0.2) is 5.78 Å². The molecule has 0 aromatic heterocycles. The summed E-state index contributed by atoms with van der Waals surface area (Å²) in [5, 5.41) is 8.79. The molecule has 8 heavy (non-hydrogen) atoms. The van der Waals surface area contributed by atoms with E-state index in [4.69, 9.17) is 5.11 Å². The molecule has 0 saturated carbocycles. The van der Waals surface area contributed by atoms with Crippen molar-refractivity contribution >= 4 is 5.78 Å². The highest BCUT2D eigenvalue weighted by molar-refractivity contribution is 5.90. The Morgan fingerprint density at radius 2 is 2.50 bits per heavy atom. The fourth-order valence-electron chi connectivity index (χ4n) is 0.688. The van der Waals surface area contributed by atoms with Gasteiger partial charge in [0.1, 0.15) is 0 Å². The summed E-state index contributed by atoms with van der Waals surface area (Å²) in [6.07, 6.45) is 3.68. The Bertz CT molecular complexity index is 126. The van der Waals surface area contributed by atoms with Gasteiger partial charge in [-0.2, -0.15) is 0 Å². The normalized spacial score (nSPS) is 28.6. The van der Waals surface area contributed by atoms with Crippen molar-refractivity contribution in [1.82, 2.24) is 0 Å². The smallest absolute Gasteiger partial charge is 0.155 e. The van der Waals surface area contributed by atoms with Crippen LogP contribution in [0.4, 0.5) is 0 Å². The van der Waals surface area contributed by atoms with E-state index in [1.165, 1.54) is 12.2 Å². The number of carbonyl (C=O) groups is 1. The van der Waals surface area contributed by atoms with Crippen molar-refractivity contribution in [2.75, 3.05) is 0 Å². The molecular weight excluding hydrogens is 104 g/mol. The van der Waals surface area contributed by atoms with Crippen LogP contribution in [0.5, 0.6) is 0 Å². The lowest BCUT2D eigenvalue weighted by molar-refractivity contribution is -0.115. The van der Waals surface area contributed by atoms with E-state index in [1.54, 1.807) is 0 Å². The summed E-state index contributed by atoms with van der Waals surface area (Å²) < 4.78 is 0. The van der Waals surface area contributed by atoms with Crippen molar-refractivity contribution in [3.63, 3.8) is 0 Å². The summed E-state index contributed by atoms with van der Waals surface area (Å²) in [6, 6.07) is 0. The molecule has 0 saturated heterocycles. The summed E-state index contributed by atoms with van der Waals surface area (Å²) in [7, 11) is 0. The van der Waals surface area contributed by atoms with Crippen molar-refractivity contribution in [1.29, 1.82) is 0 Å². The quantitative estimate of drug-likeness (QED) is 0.488. The molecule has 0 aliphatic heterocycles. The zero-order valence-electron chi connectivity index (χ0n) is 4.50. The molecule has 0 bridgehead atoms. The van der Waals surface area contributed by atoms with Gasteiger partial charge in [0.2, 0.25) is 0 Å². The highest BCUT2D eigenvalue weighted by Crippen LogP contribution is 2.05. The van der Waals surface area contributed by atoms with E-state index in [9.17, 15) is 4.79 Å². The van der Waals surface area contributed by atoms with E-state index >= 15 is 0 Å². The summed E-state index contributed by atoms with van der Waals surface area (Å²) in [6.45, 7) is 0. The average Bonchev–Trinajstić information content (AvgIpc) is 1.77. The van der Waals surface area contributed by atoms with E-state index in [1.807, 2.05) is 0 Å². The number of hydrogen-bond acceptors (Lipinski definition) is 2. The minimum atomic E-state index is -0.382. The van der Waals surface area contributed by atoms with Gasteiger partial charge in [-0.1, -0.05) is 6.08 Å². The van der Waals surface area contributed by atoms with Crippen LogP contribution in [0.2, 0.25) is 0 Å². The molecule has 1 N–H and O–H groups in total. The molecule has 1 atom stereocenters. The molecule has 2 heteroatoms. The summed E-state index contributed by atoms with van der Waals surface area (Å²) >= 11 is 0. The van der Waals surface area contributed by atoms with E-state index in [-0.39, 0.29) is 11.9 Å². The number of aliphatic hydroxyl groups is 1. The molecule has 1 aliphatic carbocycles. The predicted octanol–water partition coefficient (Wildman–Crippen LogP) is 0.266. The second kappa shape index (κ2) is 2.09. The Labute approximate surface area is 47.8 Å². The monoisotopic (exact) mass is 112 g/mol. The SMILES string of the molecule is O=C1C=C[C@H](O)CC1. The number of allylic oxidation sites excluding steroid dienone is 1. The van der Waals surface area contributed by atoms with Crippen LogP contribution in [-0.2, 0) is 4.79 Å². The van der Waals surface area contributed by atoms with Crippen LogP contribution < -0.4 is 0 Å². The molecule has 0 aromatic rings. The van der Waals surface area contributed by atoms with Crippen LogP contribution in [0.25, 0.3) is 0 Å². The van der Waals surface area contributed by atoms with Crippen LogP contribution in [0.3, 0.4) is 0 Å². The maximum absolute atomic E-state index is 10.4. The summed E-state index contributed by atoms with van der Waals surface area (Å²) in [4.78, 5) is 10.4. The van der Waals surface area contributed by atoms with Crippen molar-refractivity contribution < 1.29 is 9.90 Å². The minimum absolute atomic E-state index is 0.121. The largest absolute Gasteiger partial charge is 0.389 e. The molecule has 0 unspecified atom stereocenters. The average molecular weight is 112 g/mol. The first-order chi connectivity index (χ1) is 3.79. The molecule has 0 fully saturated rings. The fraction of sp³-hybridized carbons (Fsp3) is 0.500. The van der Waals surface area contributed by atoms with Gasteiger partial charge in [-0.3, -0.25) is 4.79 Å². The lowest BCUT2D eigenvalue weighted by atomic mass is 10.0. The van der Waals surface area contributed by atoms with Gasteiger partial charge in [0.25, 0.3) is 0 Å². The third-order valence-corrected chi connectivity index (χ3v) is 1.19. The van der Waals surface area contributed by atoms with Gasteiger partial charge in [0.05, 0.1) is 6.10 Å². The van der Waals surface area contributed by atoms with Crippen molar-refractivity contribution in [2.24, 2.45) is 0 Å². The molecule has 0 amide bonds. The van der Waals surface area contributed by atoms with Crippen LogP contribution in [0.15, 0.2) is 12.2 Å². The number of ketones is 1. The zero-order chi connectivity index (χ0) is 5.98. The first-order valence-electron chi connectivity index (χ1n) is 2.68.